The van der Waals surface area contributed by atoms with Crippen LogP contribution >= 0.6 is 0 Å². The fourth-order valence-corrected chi connectivity index (χ4v) is 6.20. The maximum atomic E-state index is 13.8. The van der Waals surface area contributed by atoms with Crippen LogP contribution in [0, 0.1) is 11.8 Å². The van der Waals surface area contributed by atoms with Crippen LogP contribution in [0.3, 0.4) is 0 Å². The summed E-state index contributed by atoms with van der Waals surface area (Å²) in [4.78, 5) is 53.7. The Balaban J connectivity index is 1.58. The third-order valence-corrected chi connectivity index (χ3v) is 7.55. The molecular formula is C23H28N4O4. The SMILES string of the molecule is NC(=O)CC[C@H]1N[C@]2(C(=O)Nc3ccccc32)[C@H]2C(=O)N(C3CCCCCC3)C(=O)[C@H]12. The number of nitrogens with two attached hydrogens (primary N) is 1. The second-order valence-corrected chi connectivity index (χ2v) is 9.26. The molecule has 164 valence electrons. The van der Waals surface area contributed by atoms with Gasteiger partial charge in [0.05, 0.1) is 11.8 Å². The number of hydrogen-bond acceptors (Lipinski definition) is 5. The van der Waals surface area contributed by atoms with Crippen LogP contribution in [0.4, 0.5) is 5.69 Å². The van der Waals surface area contributed by atoms with Gasteiger partial charge in [0.15, 0.2) is 0 Å². The molecule has 0 bridgehead atoms. The molecule has 2 saturated heterocycles. The van der Waals surface area contributed by atoms with E-state index in [0.717, 1.165) is 38.5 Å². The smallest absolute Gasteiger partial charge is 0.250 e. The molecular weight excluding hydrogens is 396 g/mol. The quantitative estimate of drug-likeness (QED) is 0.498. The topological polar surface area (TPSA) is 122 Å². The Kier molecular flexibility index (Phi) is 4.84. The molecule has 4 N–H and O–H groups in total. The Bertz CT molecular complexity index is 955. The number of benzene rings is 1. The first-order valence-electron chi connectivity index (χ1n) is 11.3. The van der Waals surface area contributed by atoms with Gasteiger partial charge >= 0.3 is 0 Å². The van der Waals surface area contributed by atoms with E-state index in [2.05, 4.69) is 10.6 Å². The average Bonchev–Trinajstić information content (AvgIpc) is 3.21. The number of rotatable bonds is 4. The summed E-state index contributed by atoms with van der Waals surface area (Å²) < 4.78 is 0. The van der Waals surface area contributed by atoms with E-state index >= 15 is 0 Å². The van der Waals surface area contributed by atoms with Gasteiger partial charge in [0, 0.05) is 29.8 Å². The number of carbonyl (C=O) groups is 4. The van der Waals surface area contributed by atoms with Crippen molar-refractivity contribution in [2.45, 2.75) is 69.0 Å². The molecule has 3 heterocycles. The number of imide groups is 1. The standard InChI is InChI=1S/C23H28N4O4/c24-17(28)12-11-16-18-19(21(30)27(20(18)29)13-7-3-1-2-4-8-13)23(26-16)14-9-5-6-10-15(14)25-22(23)31/h5-6,9-10,13,16,18-19,26H,1-4,7-8,11-12H2,(H2,24,28)(H,25,31)/t16-,18-,19-,23+/m1/s1. The van der Waals surface area contributed by atoms with Crippen molar-refractivity contribution in [2.75, 3.05) is 5.32 Å². The van der Waals surface area contributed by atoms with Crippen molar-refractivity contribution in [3.63, 3.8) is 0 Å². The van der Waals surface area contributed by atoms with Crippen LogP contribution in [-0.4, -0.2) is 40.6 Å². The van der Waals surface area contributed by atoms with Crippen LogP contribution in [0.2, 0.25) is 0 Å². The summed E-state index contributed by atoms with van der Waals surface area (Å²) in [6.07, 6.45) is 6.24. The summed E-state index contributed by atoms with van der Waals surface area (Å²) in [5, 5.41) is 6.23. The Morgan fingerprint density at radius 1 is 1.06 bits per heavy atom. The molecule has 31 heavy (non-hydrogen) atoms. The molecule has 8 heteroatoms. The van der Waals surface area contributed by atoms with Gasteiger partial charge in [-0.15, -0.1) is 0 Å². The predicted molar refractivity (Wildman–Crippen MR) is 112 cm³/mol. The molecule has 8 nitrogen and oxygen atoms in total. The first-order valence-corrected chi connectivity index (χ1v) is 11.3. The molecule has 4 atom stereocenters. The summed E-state index contributed by atoms with van der Waals surface area (Å²) in [6, 6.07) is 6.72. The summed E-state index contributed by atoms with van der Waals surface area (Å²) in [7, 11) is 0. The fourth-order valence-electron chi connectivity index (χ4n) is 6.20. The largest absolute Gasteiger partial charge is 0.370 e. The second kappa shape index (κ2) is 7.44. The fraction of sp³-hybridized carbons (Fsp3) is 0.565. The highest BCUT2D eigenvalue weighted by molar-refractivity contribution is 6.15. The van der Waals surface area contributed by atoms with Crippen LogP contribution in [0.1, 0.15) is 56.9 Å². The number of anilines is 1. The third kappa shape index (κ3) is 2.91. The zero-order valence-electron chi connectivity index (χ0n) is 17.4. The monoisotopic (exact) mass is 424 g/mol. The number of nitrogens with zero attached hydrogens (tertiary/aromatic N) is 1. The number of fused-ring (bicyclic) bond motifs is 4. The lowest BCUT2D eigenvalue weighted by molar-refractivity contribution is -0.145. The van der Waals surface area contributed by atoms with Crippen molar-refractivity contribution in [3.05, 3.63) is 29.8 Å². The molecule has 4 amide bonds. The Hall–Kier alpha value is -2.74. The van der Waals surface area contributed by atoms with Crippen molar-refractivity contribution < 1.29 is 19.2 Å². The lowest BCUT2D eigenvalue weighted by Crippen LogP contribution is -2.54. The number of hydrogen-bond donors (Lipinski definition) is 3. The number of nitrogens with one attached hydrogen (secondary N) is 2. The van der Waals surface area contributed by atoms with Crippen molar-refractivity contribution in [1.29, 1.82) is 0 Å². The van der Waals surface area contributed by atoms with E-state index in [-0.39, 0.29) is 30.2 Å². The van der Waals surface area contributed by atoms with Crippen LogP contribution in [-0.2, 0) is 24.7 Å². The minimum atomic E-state index is -1.30. The predicted octanol–water partition coefficient (Wildman–Crippen LogP) is 1.40. The van der Waals surface area contributed by atoms with Gasteiger partial charge in [-0.05, 0) is 25.3 Å². The van der Waals surface area contributed by atoms with Gasteiger partial charge in [0.2, 0.25) is 23.6 Å². The molecule has 0 radical (unpaired) electrons. The Morgan fingerprint density at radius 2 is 1.77 bits per heavy atom. The molecule has 0 aromatic heterocycles. The summed E-state index contributed by atoms with van der Waals surface area (Å²) in [6.45, 7) is 0. The lowest BCUT2D eigenvalue weighted by atomic mass is 9.76. The van der Waals surface area contributed by atoms with Crippen molar-refractivity contribution in [1.82, 2.24) is 10.2 Å². The highest BCUT2D eigenvalue weighted by atomic mass is 16.2. The highest BCUT2D eigenvalue weighted by Crippen LogP contribution is 2.54. The van der Waals surface area contributed by atoms with Gasteiger partial charge in [0.1, 0.15) is 5.54 Å². The minimum absolute atomic E-state index is 0.0884. The average molecular weight is 425 g/mol. The normalized spacial score (nSPS) is 32.8. The number of carbonyl (C=O) groups excluding carboxylic acids is 4. The molecule has 1 aliphatic carbocycles. The molecule has 1 spiro atoms. The highest BCUT2D eigenvalue weighted by Gasteiger charge is 2.70. The van der Waals surface area contributed by atoms with Gasteiger partial charge < -0.3 is 11.1 Å². The number of likely N-dealkylation sites (tertiary alicyclic amines) is 1. The van der Waals surface area contributed by atoms with Gasteiger partial charge in [-0.2, -0.15) is 0 Å². The van der Waals surface area contributed by atoms with Crippen LogP contribution < -0.4 is 16.4 Å². The maximum absolute atomic E-state index is 13.8. The van der Waals surface area contributed by atoms with Crippen molar-refractivity contribution >= 4 is 29.3 Å². The summed E-state index contributed by atoms with van der Waals surface area (Å²) in [5.74, 6) is -2.74. The molecule has 3 aliphatic heterocycles. The van der Waals surface area contributed by atoms with E-state index in [1.54, 1.807) is 6.07 Å². The molecule has 1 saturated carbocycles. The first-order chi connectivity index (χ1) is 14.9. The van der Waals surface area contributed by atoms with E-state index in [1.165, 1.54) is 4.90 Å². The van der Waals surface area contributed by atoms with E-state index in [9.17, 15) is 19.2 Å². The summed E-state index contributed by atoms with van der Waals surface area (Å²) >= 11 is 0. The van der Waals surface area contributed by atoms with E-state index < -0.39 is 29.3 Å². The van der Waals surface area contributed by atoms with Crippen LogP contribution in [0.25, 0.3) is 0 Å². The number of primary amides is 1. The molecule has 1 aromatic rings. The van der Waals surface area contributed by atoms with E-state index in [1.807, 2.05) is 18.2 Å². The van der Waals surface area contributed by atoms with Gasteiger partial charge in [0.25, 0.3) is 0 Å². The molecule has 0 unspecified atom stereocenters. The zero-order valence-corrected chi connectivity index (χ0v) is 17.4. The maximum Gasteiger partial charge on any atom is 0.250 e. The molecule has 5 rings (SSSR count). The van der Waals surface area contributed by atoms with E-state index in [4.69, 9.17) is 5.73 Å². The first kappa shape index (κ1) is 20.2. The van der Waals surface area contributed by atoms with Crippen molar-refractivity contribution in [3.8, 4) is 0 Å². The van der Waals surface area contributed by atoms with Gasteiger partial charge in [-0.3, -0.25) is 29.4 Å². The Morgan fingerprint density at radius 3 is 2.48 bits per heavy atom. The van der Waals surface area contributed by atoms with E-state index in [0.29, 0.717) is 17.7 Å². The Labute approximate surface area is 180 Å². The third-order valence-electron chi connectivity index (χ3n) is 7.55. The van der Waals surface area contributed by atoms with Gasteiger partial charge in [-0.25, -0.2) is 0 Å². The molecule has 3 fully saturated rings. The second-order valence-electron chi connectivity index (χ2n) is 9.26. The number of para-hydroxylation sites is 1. The van der Waals surface area contributed by atoms with Crippen LogP contribution in [0.15, 0.2) is 24.3 Å². The van der Waals surface area contributed by atoms with Crippen molar-refractivity contribution in [2.24, 2.45) is 17.6 Å². The van der Waals surface area contributed by atoms with Gasteiger partial charge in [-0.1, -0.05) is 43.9 Å². The zero-order chi connectivity index (χ0) is 21.8. The molecule has 1 aromatic carbocycles. The lowest BCUT2D eigenvalue weighted by Gasteiger charge is -2.32. The molecule has 4 aliphatic rings. The summed E-state index contributed by atoms with van der Waals surface area (Å²) in [5.41, 5.74) is 5.43. The van der Waals surface area contributed by atoms with Crippen LogP contribution in [0.5, 0.6) is 0 Å². The minimum Gasteiger partial charge on any atom is -0.370 e. The number of amides is 4.